The van der Waals surface area contributed by atoms with Crippen molar-refractivity contribution in [1.29, 1.82) is 0 Å². The molecule has 2 aromatic heterocycles. The van der Waals surface area contributed by atoms with Gasteiger partial charge >= 0.3 is 0 Å². The van der Waals surface area contributed by atoms with E-state index in [0.717, 1.165) is 33.9 Å². The van der Waals surface area contributed by atoms with E-state index in [-0.39, 0.29) is 5.82 Å². The molecule has 5 rings (SSSR count). The van der Waals surface area contributed by atoms with E-state index in [1.165, 1.54) is 12.1 Å². The van der Waals surface area contributed by atoms with Crippen molar-refractivity contribution >= 4 is 34.7 Å². The number of nitrogens with zero attached hydrogens (tertiary/aromatic N) is 5. The average molecular weight is 454 g/mol. The molecule has 0 fully saturated rings. The summed E-state index contributed by atoms with van der Waals surface area (Å²) in [5, 5.41) is 10.1. The molecule has 0 spiro atoms. The predicted octanol–water partition coefficient (Wildman–Crippen LogP) is 5.93. The van der Waals surface area contributed by atoms with Gasteiger partial charge in [-0.05, 0) is 60.2 Å². The molecule has 0 radical (unpaired) electrons. The van der Waals surface area contributed by atoms with Gasteiger partial charge in [-0.1, -0.05) is 23.2 Å². The van der Waals surface area contributed by atoms with Crippen molar-refractivity contribution in [3.63, 3.8) is 0 Å². The van der Waals surface area contributed by atoms with Crippen molar-refractivity contribution in [1.82, 2.24) is 14.8 Å². The van der Waals surface area contributed by atoms with Gasteiger partial charge in [-0.15, -0.1) is 0 Å². The molecular formula is C23H18Cl2FN5. The number of benzene rings is 2. The number of fused-ring (bicyclic) bond motifs is 1. The Balaban J connectivity index is 1.67. The van der Waals surface area contributed by atoms with Crippen molar-refractivity contribution in [2.24, 2.45) is 0 Å². The smallest absolute Gasteiger partial charge is 0.154 e. The summed E-state index contributed by atoms with van der Waals surface area (Å²) in [6, 6.07) is 15.9. The Hall–Kier alpha value is -3.09. The third-order valence-electron chi connectivity index (χ3n) is 5.41. The van der Waals surface area contributed by atoms with Crippen LogP contribution < -0.4 is 10.0 Å². The van der Waals surface area contributed by atoms with Gasteiger partial charge in [0.15, 0.2) is 5.82 Å². The summed E-state index contributed by atoms with van der Waals surface area (Å²) in [6.07, 6.45) is 3.51. The number of halogens is 3. The first-order valence-corrected chi connectivity index (χ1v) is 10.5. The lowest BCUT2D eigenvalue weighted by Gasteiger charge is -2.39. The molecule has 0 unspecified atom stereocenters. The van der Waals surface area contributed by atoms with Gasteiger partial charge in [-0.25, -0.2) is 9.07 Å². The Labute approximate surface area is 189 Å². The quantitative estimate of drug-likeness (QED) is 0.385. The van der Waals surface area contributed by atoms with Crippen LogP contribution in [0.5, 0.6) is 0 Å². The number of aromatic nitrogens is 3. The van der Waals surface area contributed by atoms with Gasteiger partial charge in [-0.2, -0.15) is 5.10 Å². The molecule has 0 saturated heterocycles. The molecule has 0 aliphatic carbocycles. The van der Waals surface area contributed by atoms with E-state index in [1.807, 2.05) is 36.0 Å². The second kappa shape index (κ2) is 7.87. The average Bonchev–Trinajstić information content (AvgIpc) is 3.18. The maximum Gasteiger partial charge on any atom is 0.154 e. The second-order valence-corrected chi connectivity index (χ2v) is 8.07. The number of hydrazine groups is 1. The summed E-state index contributed by atoms with van der Waals surface area (Å²) in [4.78, 5) is 4.15. The lowest BCUT2D eigenvalue weighted by atomic mass is 10.0. The number of hydrogen-bond donors (Lipinski definition) is 0. The van der Waals surface area contributed by atoms with Crippen molar-refractivity contribution in [2.45, 2.75) is 6.54 Å². The van der Waals surface area contributed by atoms with Crippen LogP contribution in [0.4, 0.5) is 15.9 Å². The fraction of sp³-hybridized carbons (Fsp3) is 0.130. The summed E-state index contributed by atoms with van der Waals surface area (Å²) >= 11 is 12.4. The zero-order valence-electron chi connectivity index (χ0n) is 16.6. The van der Waals surface area contributed by atoms with Crippen LogP contribution in [0.25, 0.3) is 22.4 Å². The third kappa shape index (κ3) is 3.52. The summed E-state index contributed by atoms with van der Waals surface area (Å²) in [5.74, 6) is 0.656. The number of hydrogen-bond acceptors (Lipinski definition) is 4. The van der Waals surface area contributed by atoms with Crippen LogP contribution in [0.3, 0.4) is 0 Å². The molecule has 0 N–H and O–H groups in total. The highest BCUT2D eigenvalue weighted by Gasteiger charge is 2.30. The molecule has 4 aromatic rings. The molecule has 31 heavy (non-hydrogen) atoms. The van der Waals surface area contributed by atoms with Gasteiger partial charge in [0, 0.05) is 25.0 Å². The van der Waals surface area contributed by atoms with Crippen LogP contribution in [0, 0.1) is 5.82 Å². The molecule has 3 heterocycles. The fourth-order valence-corrected chi connectivity index (χ4v) is 4.23. The zero-order chi connectivity index (χ0) is 21.5. The molecular weight excluding hydrogens is 436 g/mol. The second-order valence-electron chi connectivity index (χ2n) is 7.26. The van der Waals surface area contributed by atoms with Gasteiger partial charge in [0.1, 0.15) is 11.5 Å². The highest BCUT2D eigenvalue weighted by Crippen LogP contribution is 2.42. The molecule has 0 bridgehead atoms. The lowest BCUT2D eigenvalue weighted by Crippen LogP contribution is -2.47. The van der Waals surface area contributed by atoms with Crippen molar-refractivity contribution in [3.8, 4) is 22.4 Å². The van der Waals surface area contributed by atoms with Crippen molar-refractivity contribution in [3.05, 3.63) is 82.9 Å². The molecule has 1 aliphatic rings. The van der Waals surface area contributed by atoms with Crippen LogP contribution in [0.1, 0.15) is 0 Å². The summed E-state index contributed by atoms with van der Waals surface area (Å²) in [6.45, 7) is 1.39. The minimum atomic E-state index is -0.277. The maximum atomic E-state index is 13.5. The number of anilines is 2. The van der Waals surface area contributed by atoms with E-state index in [4.69, 9.17) is 28.3 Å². The fourth-order valence-electron chi connectivity index (χ4n) is 3.93. The molecule has 0 atom stereocenters. The molecule has 156 valence electrons. The Kier molecular flexibility index (Phi) is 5.04. The van der Waals surface area contributed by atoms with Crippen LogP contribution in [-0.4, -0.2) is 28.4 Å². The van der Waals surface area contributed by atoms with E-state index in [0.29, 0.717) is 23.1 Å². The maximum absolute atomic E-state index is 13.5. The Morgan fingerprint density at radius 1 is 0.871 bits per heavy atom. The van der Waals surface area contributed by atoms with Crippen LogP contribution in [0.2, 0.25) is 10.0 Å². The first-order chi connectivity index (χ1) is 15.0. The van der Waals surface area contributed by atoms with Crippen LogP contribution >= 0.6 is 23.2 Å². The largest absolute Gasteiger partial charge is 0.282 e. The molecule has 1 aliphatic heterocycles. The van der Waals surface area contributed by atoms with E-state index < -0.39 is 0 Å². The Bertz CT molecular complexity index is 1240. The highest BCUT2D eigenvalue weighted by atomic mass is 35.5. The lowest BCUT2D eigenvalue weighted by molar-refractivity contribution is 0.542. The standard InChI is InChI=1S/C23H18Cl2FN5/c1-29-23-21(15-8-10-27-11-9-15)22(16-2-4-17(26)5-3-16)28-30(23)12-13-31(29)18-6-7-19(24)20(25)14-18/h2-11,14H,12-13H2,1H3. The summed E-state index contributed by atoms with van der Waals surface area (Å²) in [5.41, 5.74) is 4.53. The molecule has 5 nitrogen and oxygen atoms in total. The number of pyridine rings is 1. The molecule has 0 saturated carbocycles. The van der Waals surface area contributed by atoms with E-state index in [1.54, 1.807) is 30.6 Å². The molecule has 8 heteroatoms. The predicted molar refractivity (Wildman–Crippen MR) is 123 cm³/mol. The first-order valence-electron chi connectivity index (χ1n) is 9.76. The van der Waals surface area contributed by atoms with E-state index in [2.05, 4.69) is 15.0 Å². The monoisotopic (exact) mass is 453 g/mol. The third-order valence-corrected chi connectivity index (χ3v) is 6.14. The summed E-state index contributed by atoms with van der Waals surface area (Å²) in [7, 11) is 1.99. The molecule has 0 amide bonds. The van der Waals surface area contributed by atoms with Gasteiger partial charge in [0.2, 0.25) is 0 Å². The van der Waals surface area contributed by atoms with E-state index in [9.17, 15) is 4.39 Å². The van der Waals surface area contributed by atoms with E-state index >= 15 is 0 Å². The summed E-state index contributed by atoms with van der Waals surface area (Å²) < 4.78 is 15.5. The Morgan fingerprint density at radius 2 is 1.61 bits per heavy atom. The highest BCUT2D eigenvalue weighted by molar-refractivity contribution is 6.42. The SMILES string of the molecule is CN1c2c(-c3ccncc3)c(-c3ccc(F)cc3)nn2CCN1c1ccc(Cl)c(Cl)c1. The minimum Gasteiger partial charge on any atom is -0.282 e. The van der Waals surface area contributed by atoms with Gasteiger partial charge in [0.25, 0.3) is 0 Å². The van der Waals surface area contributed by atoms with Crippen molar-refractivity contribution in [2.75, 3.05) is 23.6 Å². The van der Waals surface area contributed by atoms with Gasteiger partial charge in [-0.3, -0.25) is 15.0 Å². The Morgan fingerprint density at radius 3 is 2.32 bits per heavy atom. The van der Waals surface area contributed by atoms with Gasteiger partial charge < -0.3 is 0 Å². The van der Waals surface area contributed by atoms with Crippen molar-refractivity contribution < 1.29 is 4.39 Å². The minimum absolute atomic E-state index is 0.277. The number of rotatable bonds is 3. The molecule has 2 aromatic carbocycles. The van der Waals surface area contributed by atoms with Crippen LogP contribution in [0.15, 0.2) is 67.0 Å². The van der Waals surface area contributed by atoms with Gasteiger partial charge in [0.05, 0.1) is 34.4 Å². The zero-order valence-corrected chi connectivity index (χ0v) is 18.1. The normalized spacial score (nSPS) is 13.4. The topological polar surface area (TPSA) is 37.2 Å². The first kappa shape index (κ1) is 19.8. The van der Waals surface area contributed by atoms with Crippen LogP contribution in [-0.2, 0) is 6.54 Å².